The van der Waals surface area contributed by atoms with E-state index < -0.39 is 8.32 Å². The van der Waals surface area contributed by atoms with Gasteiger partial charge in [0.05, 0.1) is 0 Å². The molecule has 0 aliphatic carbocycles. The molecular weight excluding hydrogens is 158 g/mol. The van der Waals surface area contributed by atoms with Crippen LogP contribution in [0.4, 0.5) is 0 Å². The summed E-state index contributed by atoms with van der Waals surface area (Å²) >= 11 is 0. The van der Waals surface area contributed by atoms with Crippen molar-refractivity contribution >= 4 is 14.2 Å². The van der Waals surface area contributed by atoms with Crippen LogP contribution in [-0.4, -0.2) is 27.4 Å². The maximum Gasteiger partial charge on any atom is 0.247 e. The van der Waals surface area contributed by atoms with Gasteiger partial charge in [-0.05, 0) is 26.6 Å². The fourth-order valence-corrected chi connectivity index (χ4v) is 1.95. The van der Waals surface area contributed by atoms with E-state index in [2.05, 4.69) is 25.0 Å². The maximum atomic E-state index is 11.0. The van der Waals surface area contributed by atoms with Gasteiger partial charge in [0, 0.05) is 7.05 Å². The first-order valence-corrected chi connectivity index (χ1v) is 7.17. The Morgan fingerprint density at radius 3 is 2.18 bits per heavy atom. The molecule has 0 fully saturated rings. The normalized spacial score (nSPS) is 14.3. The Hall–Kier alpha value is -0.353. The monoisotopic (exact) mass is 175 g/mol. The van der Waals surface area contributed by atoms with Crippen LogP contribution in [-0.2, 0) is 9.22 Å². The van der Waals surface area contributed by atoms with E-state index in [9.17, 15) is 4.79 Å². The maximum absolute atomic E-state index is 11.0. The molecular formula is C7H17NO2Si. The van der Waals surface area contributed by atoms with E-state index in [-0.39, 0.29) is 12.0 Å². The minimum absolute atomic E-state index is 0.0487. The average molecular weight is 175 g/mol. The van der Waals surface area contributed by atoms with Crippen molar-refractivity contribution in [2.45, 2.75) is 32.7 Å². The Balaban J connectivity index is 3.87. The van der Waals surface area contributed by atoms with Gasteiger partial charge in [0.1, 0.15) is 6.10 Å². The molecule has 0 saturated heterocycles. The first-order valence-electron chi connectivity index (χ1n) is 3.76. The van der Waals surface area contributed by atoms with E-state index in [0.717, 1.165) is 0 Å². The summed E-state index contributed by atoms with van der Waals surface area (Å²) in [4.78, 5) is 11.0. The van der Waals surface area contributed by atoms with Crippen LogP contribution in [0.5, 0.6) is 0 Å². The van der Waals surface area contributed by atoms with Gasteiger partial charge in [0.25, 0.3) is 0 Å². The van der Waals surface area contributed by atoms with Crippen molar-refractivity contribution in [2.24, 2.45) is 0 Å². The second-order valence-corrected chi connectivity index (χ2v) is 7.95. The molecule has 0 bridgehead atoms. The Bertz CT molecular complexity index is 142. The SMILES string of the molecule is CNC(=O)C(C)O[Si](C)(C)C. The van der Waals surface area contributed by atoms with Crippen molar-refractivity contribution < 1.29 is 9.22 Å². The second-order valence-electron chi connectivity index (χ2n) is 3.49. The molecule has 3 nitrogen and oxygen atoms in total. The Morgan fingerprint density at radius 2 is 1.91 bits per heavy atom. The summed E-state index contributed by atoms with van der Waals surface area (Å²) < 4.78 is 5.52. The third-order valence-electron chi connectivity index (χ3n) is 1.15. The van der Waals surface area contributed by atoms with Gasteiger partial charge in [0.15, 0.2) is 8.32 Å². The first kappa shape index (κ1) is 10.6. The summed E-state index contributed by atoms with van der Waals surface area (Å²) in [5.74, 6) is -0.0487. The van der Waals surface area contributed by atoms with Crippen LogP contribution in [0.2, 0.25) is 19.6 Å². The smallest absolute Gasteiger partial charge is 0.247 e. The highest BCUT2D eigenvalue weighted by Gasteiger charge is 2.21. The van der Waals surface area contributed by atoms with Gasteiger partial charge in [-0.25, -0.2) is 0 Å². The Kier molecular flexibility index (Phi) is 3.75. The van der Waals surface area contributed by atoms with Gasteiger partial charge in [-0.3, -0.25) is 4.79 Å². The number of amides is 1. The Morgan fingerprint density at radius 1 is 1.45 bits per heavy atom. The lowest BCUT2D eigenvalue weighted by molar-refractivity contribution is -0.127. The molecule has 0 rings (SSSR count). The molecule has 0 aromatic heterocycles. The lowest BCUT2D eigenvalue weighted by Crippen LogP contribution is -2.39. The third kappa shape index (κ3) is 4.98. The molecule has 4 heteroatoms. The average Bonchev–Trinajstić information content (AvgIpc) is 1.82. The quantitative estimate of drug-likeness (QED) is 0.649. The topological polar surface area (TPSA) is 38.3 Å². The molecule has 1 atom stereocenters. The molecule has 1 unspecified atom stereocenters. The molecule has 0 aromatic carbocycles. The summed E-state index contributed by atoms with van der Waals surface area (Å²) in [6.07, 6.45) is -0.313. The number of carbonyl (C=O) groups excluding carboxylic acids is 1. The van der Waals surface area contributed by atoms with Gasteiger partial charge in [-0.2, -0.15) is 0 Å². The molecule has 0 heterocycles. The van der Waals surface area contributed by atoms with Crippen LogP contribution in [0.1, 0.15) is 6.92 Å². The van der Waals surface area contributed by atoms with Crippen LogP contribution >= 0.6 is 0 Å². The van der Waals surface area contributed by atoms with Gasteiger partial charge >= 0.3 is 0 Å². The lowest BCUT2D eigenvalue weighted by atomic mass is 10.4. The molecule has 0 spiro atoms. The van der Waals surface area contributed by atoms with Gasteiger partial charge in [0.2, 0.25) is 5.91 Å². The van der Waals surface area contributed by atoms with E-state index in [1.807, 2.05) is 0 Å². The summed E-state index contributed by atoms with van der Waals surface area (Å²) in [7, 11) is 0.0573. The van der Waals surface area contributed by atoms with Gasteiger partial charge in [-0.1, -0.05) is 0 Å². The highest BCUT2D eigenvalue weighted by Crippen LogP contribution is 2.06. The first-order chi connectivity index (χ1) is 4.87. The molecule has 0 saturated carbocycles. The number of likely N-dealkylation sites (N-methyl/N-ethyl adjacent to an activating group) is 1. The Labute approximate surface area is 69.3 Å². The molecule has 66 valence electrons. The molecule has 0 radical (unpaired) electrons. The molecule has 0 aromatic rings. The van der Waals surface area contributed by atoms with Crippen LogP contribution in [0.3, 0.4) is 0 Å². The minimum Gasteiger partial charge on any atom is -0.406 e. The number of hydrogen-bond acceptors (Lipinski definition) is 2. The van der Waals surface area contributed by atoms with Crippen molar-refractivity contribution in [1.29, 1.82) is 0 Å². The summed E-state index contributed by atoms with van der Waals surface area (Å²) in [6, 6.07) is 0. The third-order valence-corrected chi connectivity index (χ3v) is 2.21. The zero-order valence-corrected chi connectivity index (χ0v) is 8.89. The van der Waals surface area contributed by atoms with E-state index in [1.165, 1.54) is 0 Å². The van der Waals surface area contributed by atoms with Crippen LogP contribution < -0.4 is 5.32 Å². The predicted octanol–water partition coefficient (Wildman–Crippen LogP) is 0.972. The van der Waals surface area contributed by atoms with Crippen molar-refractivity contribution in [3.63, 3.8) is 0 Å². The number of carbonyl (C=O) groups is 1. The van der Waals surface area contributed by atoms with Crippen molar-refractivity contribution in [3.05, 3.63) is 0 Å². The minimum atomic E-state index is -1.56. The van der Waals surface area contributed by atoms with Gasteiger partial charge < -0.3 is 9.74 Å². The highest BCUT2D eigenvalue weighted by atomic mass is 28.4. The molecule has 1 N–H and O–H groups in total. The summed E-state index contributed by atoms with van der Waals surface area (Å²) in [5.41, 5.74) is 0. The molecule has 1 amide bonds. The second kappa shape index (κ2) is 3.87. The van der Waals surface area contributed by atoms with E-state index in [1.54, 1.807) is 14.0 Å². The zero-order chi connectivity index (χ0) is 9.07. The lowest BCUT2D eigenvalue weighted by Gasteiger charge is -2.21. The fraction of sp³-hybridized carbons (Fsp3) is 0.857. The van der Waals surface area contributed by atoms with Crippen LogP contribution in [0.15, 0.2) is 0 Å². The fourth-order valence-electron chi connectivity index (χ4n) is 0.787. The van der Waals surface area contributed by atoms with Crippen LogP contribution in [0, 0.1) is 0 Å². The highest BCUT2D eigenvalue weighted by molar-refractivity contribution is 6.69. The van der Waals surface area contributed by atoms with Crippen molar-refractivity contribution in [3.8, 4) is 0 Å². The van der Waals surface area contributed by atoms with E-state index in [4.69, 9.17) is 4.43 Å². The largest absolute Gasteiger partial charge is 0.406 e. The number of nitrogens with one attached hydrogen (secondary N) is 1. The molecule has 0 aliphatic rings. The zero-order valence-electron chi connectivity index (χ0n) is 7.89. The van der Waals surface area contributed by atoms with Crippen molar-refractivity contribution in [1.82, 2.24) is 5.32 Å². The van der Waals surface area contributed by atoms with Gasteiger partial charge in [-0.15, -0.1) is 0 Å². The van der Waals surface area contributed by atoms with Crippen molar-refractivity contribution in [2.75, 3.05) is 7.05 Å². The number of rotatable bonds is 3. The standard InChI is InChI=1S/C7H17NO2Si/c1-6(7(9)8-2)10-11(3,4)5/h6H,1-5H3,(H,8,9). The number of hydrogen-bond donors (Lipinski definition) is 1. The predicted molar refractivity (Wildman–Crippen MR) is 48.0 cm³/mol. The summed E-state index contributed by atoms with van der Waals surface area (Å²) in [5, 5.41) is 2.55. The van der Waals surface area contributed by atoms with E-state index >= 15 is 0 Å². The molecule has 11 heavy (non-hydrogen) atoms. The van der Waals surface area contributed by atoms with E-state index in [0.29, 0.717) is 0 Å². The molecule has 0 aliphatic heterocycles. The van der Waals surface area contributed by atoms with Crippen LogP contribution in [0.25, 0.3) is 0 Å². The summed E-state index contributed by atoms with van der Waals surface area (Å²) in [6.45, 7) is 7.96.